The van der Waals surface area contributed by atoms with Gasteiger partial charge in [-0.3, -0.25) is 9.80 Å². The maximum atomic E-state index is 5.54. The Balaban J connectivity index is 1.66. The van der Waals surface area contributed by atoms with Crippen molar-refractivity contribution in [2.45, 2.75) is 39.4 Å². The zero-order valence-corrected chi connectivity index (χ0v) is 14.8. The van der Waals surface area contributed by atoms with Crippen LogP contribution in [0.3, 0.4) is 0 Å². The zero-order valence-electron chi connectivity index (χ0n) is 14.8. The molecule has 0 N–H and O–H groups in total. The van der Waals surface area contributed by atoms with Crippen molar-refractivity contribution >= 4 is 0 Å². The molecule has 3 rings (SSSR count). The number of hydrogen-bond acceptors (Lipinski definition) is 6. The van der Waals surface area contributed by atoms with E-state index < -0.39 is 0 Å². The molecule has 1 aromatic heterocycles. The van der Waals surface area contributed by atoms with Crippen molar-refractivity contribution in [3.05, 3.63) is 41.0 Å². The van der Waals surface area contributed by atoms with Gasteiger partial charge in [-0.1, -0.05) is 11.2 Å². The Morgan fingerprint density at radius 2 is 2.04 bits per heavy atom. The molecule has 24 heavy (non-hydrogen) atoms. The van der Waals surface area contributed by atoms with Gasteiger partial charge in [-0.25, -0.2) is 0 Å². The maximum absolute atomic E-state index is 5.54. The predicted molar refractivity (Wildman–Crippen MR) is 91.7 cm³/mol. The average molecular weight is 330 g/mol. The van der Waals surface area contributed by atoms with E-state index >= 15 is 0 Å². The normalized spacial score (nSPS) is 15.3. The lowest BCUT2D eigenvalue weighted by Gasteiger charge is -2.19. The minimum absolute atomic E-state index is 0.647. The van der Waals surface area contributed by atoms with Crippen LogP contribution < -0.4 is 4.74 Å². The first-order valence-corrected chi connectivity index (χ1v) is 8.50. The molecule has 1 aromatic carbocycles. The van der Waals surface area contributed by atoms with Gasteiger partial charge < -0.3 is 9.26 Å². The van der Waals surface area contributed by atoms with Crippen LogP contribution in [0.4, 0.5) is 0 Å². The van der Waals surface area contributed by atoms with Crippen molar-refractivity contribution in [3.63, 3.8) is 0 Å². The third kappa shape index (κ3) is 4.33. The second kappa shape index (κ2) is 7.77. The van der Waals surface area contributed by atoms with Gasteiger partial charge >= 0.3 is 0 Å². The first-order chi connectivity index (χ1) is 11.6. The van der Waals surface area contributed by atoms with Gasteiger partial charge in [0.15, 0.2) is 5.82 Å². The summed E-state index contributed by atoms with van der Waals surface area (Å²) in [6.45, 7) is 6.64. The van der Waals surface area contributed by atoms with E-state index in [1.54, 1.807) is 7.11 Å². The van der Waals surface area contributed by atoms with Crippen LogP contribution in [0.15, 0.2) is 22.7 Å². The molecule has 0 amide bonds. The van der Waals surface area contributed by atoms with Gasteiger partial charge in [0.2, 0.25) is 5.89 Å². The first-order valence-electron chi connectivity index (χ1n) is 8.50. The van der Waals surface area contributed by atoms with Gasteiger partial charge in [0.05, 0.1) is 13.7 Å². The van der Waals surface area contributed by atoms with Crippen LogP contribution in [0.2, 0.25) is 0 Å². The van der Waals surface area contributed by atoms with Gasteiger partial charge in [0.25, 0.3) is 0 Å². The maximum Gasteiger partial charge on any atom is 0.240 e. The molecule has 0 unspecified atom stereocenters. The molecule has 1 fully saturated rings. The summed E-state index contributed by atoms with van der Waals surface area (Å²) in [7, 11) is 3.80. The molecule has 0 atom stereocenters. The van der Waals surface area contributed by atoms with Crippen LogP contribution in [-0.2, 0) is 19.6 Å². The fraction of sp³-hybridized carbons (Fsp3) is 0.556. The van der Waals surface area contributed by atoms with Crippen LogP contribution in [0.1, 0.15) is 35.7 Å². The van der Waals surface area contributed by atoms with Crippen molar-refractivity contribution in [1.82, 2.24) is 19.9 Å². The van der Waals surface area contributed by atoms with Crippen molar-refractivity contribution in [2.75, 3.05) is 27.2 Å². The minimum atomic E-state index is 0.647. The van der Waals surface area contributed by atoms with E-state index in [1.165, 1.54) is 37.1 Å². The summed E-state index contributed by atoms with van der Waals surface area (Å²) in [6.07, 6.45) is 2.60. The van der Waals surface area contributed by atoms with E-state index in [0.717, 1.165) is 18.8 Å². The standard InChI is InChI=1S/C18H26N4O2/c1-14-19-18(24-20-14)13-21(2)11-15-6-7-17(23-3)16(10-15)12-22-8-4-5-9-22/h6-7,10H,4-5,8-9,11-13H2,1-3H3. The summed E-state index contributed by atoms with van der Waals surface area (Å²) in [6, 6.07) is 6.46. The molecule has 130 valence electrons. The first kappa shape index (κ1) is 16.9. The number of ether oxygens (including phenoxy) is 1. The molecular weight excluding hydrogens is 304 g/mol. The highest BCUT2D eigenvalue weighted by molar-refractivity contribution is 5.37. The number of benzene rings is 1. The molecule has 2 heterocycles. The number of hydrogen-bond donors (Lipinski definition) is 0. The van der Waals surface area contributed by atoms with Crippen molar-refractivity contribution in [2.24, 2.45) is 0 Å². The number of aryl methyl sites for hydroxylation is 1. The Hall–Kier alpha value is -1.92. The van der Waals surface area contributed by atoms with Crippen LogP contribution in [-0.4, -0.2) is 47.2 Å². The lowest BCUT2D eigenvalue weighted by Crippen LogP contribution is -2.20. The Kier molecular flexibility index (Phi) is 5.48. The minimum Gasteiger partial charge on any atom is -0.496 e. The van der Waals surface area contributed by atoms with Crippen LogP contribution in [0, 0.1) is 6.92 Å². The summed E-state index contributed by atoms with van der Waals surface area (Å²) in [4.78, 5) is 8.93. The lowest BCUT2D eigenvalue weighted by atomic mass is 10.1. The van der Waals surface area contributed by atoms with Crippen LogP contribution >= 0.6 is 0 Å². The van der Waals surface area contributed by atoms with Crippen molar-refractivity contribution in [1.29, 1.82) is 0 Å². The molecule has 0 spiro atoms. The third-order valence-electron chi connectivity index (χ3n) is 4.36. The summed E-state index contributed by atoms with van der Waals surface area (Å²) in [5.74, 6) is 2.30. The van der Waals surface area contributed by atoms with Crippen molar-refractivity contribution < 1.29 is 9.26 Å². The molecule has 1 aliphatic rings. The largest absolute Gasteiger partial charge is 0.496 e. The molecule has 0 radical (unpaired) electrons. The Bertz CT molecular complexity index is 665. The molecule has 2 aromatic rings. The molecule has 0 saturated carbocycles. The Morgan fingerprint density at radius 1 is 1.25 bits per heavy atom. The van der Waals surface area contributed by atoms with E-state index in [1.807, 2.05) is 6.92 Å². The molecule has 1 saturated heterocycles. The fourth-order valence-corrected chi connectivity index (χ4v) is 3.24. The lowest BCUT2D eigenvalue weighted by molar-refractivity contribution is 0.260. The highest BCUT2D eigenvalue weighted by atomic mass is 16.5. The Morgan fingerprint density at radius 3 is 2.71 bits per heavy atom. The molecule has 0 aliphatic carbocycles. The van der Waals surface area contributed by atoms with E-state index in [-0.39, 0.29) is 0 Å². The molecule has 6 nitrogen and oxygen atoms in total. The smallest absolute Gasteiger partial charge is 0.240 e. The summed E-state index contributed by atoms with van der Waals surface area (Å²) >= 11 is 0. The highest BCUT2D eigenvalue weighted by Gasteiger charge is 2.15. The predicted octanol–water partition coefficient (Wildman–Crippen LogP) is 2.61. The van der Waals surface area contributed by atoms with E-state index in [4.69, 9.17) is 9.26 Å². The summed E-state index contributed by atoms with van der Waals surface area (Å²) in [5.41, 5.74) is 2.53. The summed E-state index contributed by atoms with van der Waals surface area (Å²) < 4.78 is 10.7. The third-order valence-corrected chi connectivity index (χ3v) is 4.36. The van der Waals surface area contributed by atoms with Crippen LogP contribution in [0.25, 0.3) is 0 Å². The van der Waals surface area contributed by atoms with Gasteiger partial charge in [-0.2, -0.15) is 4.98 Å². The second-order valence-electron chi connectivity index (χ2n) is 6.54. The second-order valence-corrected chi connectivity index (χ2v) is 6.54. The quantitative estimate of drug-likeness (QED) is 0.778. The molecule has 6 heteroatoms. The monoisotopic (exact) mass is 330 g/mol. The number of rotatable bonds is 7. The highest BCUT2D eigenvalue weighted by Crippen LogP contribution is 2.24. The fourth-order valence-electron chi connectivity index (χ4n) is 3.24. The number of methoxy groups -OCH3 is 1. The number of likely N-dealkylation sites (tertiary alicyclic amines) is 1. The number of nitrogens with zero attached hydrogens (tertiary/aromatic N) is 4. The summed E-state index contributed by atoms with van der Waals surface area (Å²) in [5, 5.41) is 3.84. The zero-order chi connectivity index (χ0) is 16.9. The van der Waals surface area contributed by atoms with Gasteiger partial charge in [-0.05, 0) is 57.6 Å². The molecule has 0 bridgehead atoms. The average Bonchev–Trinajstić information content (AvgIpc) is 3.19. The number of aromatic nitrogens is 2. The van der Waals surface area contributed by atoms with Crippen molar-refractivity contribution in [3.8, 4) is 5.75 Å². The van der Waals surface area contributed by atoms with Gasteiger partial charge in [0.1, 0.15) is 5.75 Å². The Labute approximate surface area is 143 Å². The molecular formula is C18H26N4O2. The van der Waals surface area contributed by atoms with Gasteiger partial charge in [0, 0.05) is 18.7 Å². The SMILES string of the molecule is COc1ccc(CN(C)Cc2nc(C)no2)cc1CN1CCCC1. The van der Waals surface area contributed by atoms with Gasteiger partial charge in [-0.15, -0.1) is 0 Å². The van der Waals surface area contributed by atoms with E-state index in [0.29, 0.717) is 18.3 Å². The molecule has 1 aliphatic heterocycles. The van der Waals surface area contributed by atoms with E-state index in [9.17, 15) is 0 Å². The van der Waals surface area contributed by atoms with E-state index in [2.05, 4.69) is 45.2 Å². The topological polar surface area (TPSA) is 54.6 Å². The van der Waals surface area contributed by atoms with Crippen LogP contribution in [0.5, 0.6) is 5.75 Å².